The lowest BCUT2D eigenvalue weighted by molar-refractivity contribution is -0.137. The van der Waals surface area contributed by atoms with Crippen LogP contribution in [0.1, 0.15) is 80.0 Å². The van der Waals surface area contributed by atoms with Gasteiger partial charge in [0.05, 0.1) is 22.3 Å². The smallest absolute Gasteiger partial charge is 0.262 e. The Kier molecular flexibility index (Phi) is 11.1. The SMILES string of the molecule is O=C1CCC(N2C(=O)c3ccc(F)cc3C2=O)C(=O)N1.O=C1CCC(N2C(=O)c3ccc(N4CCC(CO)C4)cc3C2=O)C(=O)N1.OCC1CCNC1. The van der Waals surface area contributed by atoms with Gasteiger partial charge in [-0.3, -0.25) is 58.8 Å². The number of halogens is 1. The van der Waals surface area contributed by atoms with E-state index in [1.807, 2.05) is 0 Å². The van der Waals surface area contributed by atoms with Crippen LogP contribution in [-0.2, 0) is 19.2 Å². The number of amides is 8. The summed E-state index contributed by atoms with van der Waals surface area (Å²) in [4.78, 5) is 99.8. The van der Waals surface area contributed by atoms with Crippen LogP contribution in [0.3, 0.4) is 0 Å². The molecule has 0 aromatic heterocycles. The number of carbonyl (C=O) groups is 8. The van der Waals surface area contributed by atoms with E-state index in [2.05, 4.69) is 20.9 Å². The van der Waals surface area contributed by atoms with Crippen molar-refractivity contribution in [1.29, 1.82) is 0 Å². The van der Waals surface area contributed by atoms with Gasteiger partial charge >= 0.3 is 0 Å². The Morgan fingerprint density at radius 2 is 1.17 bits per heavy atom. The van der Waals surface area contributed by atoms with Crippen LogP contribution in [0.15, 0.2) is 36.4 Å². The second-order valence-corrected chi connectivity index (χ2v) is 13.6. The summed E-state index contributed by atoms with van der Waals surface area (Å²) in [5, 5.41) is 25.3. The summed E-state index contributed by atoms with van der Waals surface area (Å²) < 4.78 is 13.2. The number of imide groups is 4. The van der Waals surface area contributed by atoms with Crippen molar-refractivity contribution >= 4 is 52.9 Å². The lowest BCUT2D eigenvalue weighted by Gasteiger charge is -2.27. The molecule has 4 fully saturated rings. The van der Waals surface area contributed by atoms with Crippen LogP contribution >= 0.6 is 0 Å². The highest BCUT2D eigenvalue weighted by molar-refractivity contribution is 6.24. The Morgan fingerprint density at radius 3 is 1.64 bits per heavy atom. The van der Waals surface area contributed by atoms with Crippen molar-refractivity contribution in [2.75, 3.05) is 44.3 Å². The van der Waals surface area contributed by atoms with Gasteiger partial charge in [-0.25, -0.2) is 4.39 Å². The molecule has 16 nitrogen and oxygen atoms in total. The first-order valence-corrected chi connectivity index (χ1v) is 17.5. The van der Waals surface area contributed by atoms with E-state index in [0.717, 1.165) is 60.1 Å². The molecule has 53 heavy (non-hydrogen) atoms. The van der Waals surface area contributed by atoms with Gasteiger partial charge in [-0.2, -0.15) is 0 Å². The van der Waals surface area contributed by atoms with Gasteiger partial charge < -0.3 is 20.4 Å². The third-order valence-corrected chi connectivity index (χ3v) is 10.2. The van der Waals surface area contributed by atoms with Gasteiger partial charge in [0.15, 0.2) is 0 Å². The van der Waals surface area contributed by atoms with Gasteiger partial charge in [-0.05, 0) is 74.5 Å². The molecule has 6 aliphatic rings. The maximum Gasteiger partial charge on any atom is 0.262 e. The minimum Gasteiger partial charge on any atom is -0.396 e. The van der Waals surface area contributed by atoms with Crippen molar-refractivity contribution < 1.29 is 53.0 Å². The predicted molar refractivity (Wildman–Crippen MR) is 182 cm³/mol. The largest absolute Gasteiger partial charge is 0.396 e. The van der Waals surface area contributed by atoms with Crippen LogP contribution in [0.2, 0.25) is 0 Å². The maximum absolute atomic E-state index is 13.2. The predicted octanol–water partition coefficient (Wildman–Crippen LogP) is -0.278. The second-order valence-electron chi connectivity index (χ2n) is 13.6. The van der Waals surface area contributed by atoms with Gasteiger partial charge in [-0.15, -0.1) is 0 Å². The van der Waals surface area contributed by atoms with E-state index in [0.29, 0.717) is 19.1 Å². The molecule has 6 aliphatic heterocycles. The molecule has 6 heterocycles. The van der Waals surface area contributed by atoms with E-state index in [1.165, 1.54) is 6.07 Å². The van der Waals surface area contributed by atoms with Crippen molar-refractivity contribution in [3.05, 3.63) is 64.5 Å². The fourth-order valence-corrected chi connectivity index (χ4v) is 7.19. The Balaban J connectivity index is 0.000000157. The first kappa shape index (κ1) is 37.4. The molecule has 0 spiro atoms. The van der Waals surface area contributed by atoms with Gasteiger partial charge in [-0.1, -0.05) is 0 Å². The highest BCUT2D eigenvalue weighted by Crippen LogP contribution is 2.33. The number of aliphatic hydroxyl groups is 2. The first-order valence-electron chi connectivity index (χ1n) is 17.5. The lowest BCUT2D eigenvalue weighted by Crippen LogP contribution is -2.54. The molecule has 4 atom stereocenters. The number of nitrogens with one attached hydrogen (secondary N) is 3. The summed E-state index contributed by atoms with van der Waals surface area (Å²) in [7, 11) is 0. The van der Waals surface area contributed by atoms with Gasteiger partial charge in [0.1, 0.15) is 17.9 Å². The molecular weight excluding hydrogens is 695 g/mol. The molecule has 2 aromatic carbocycles. The number of carbonyl (C=O) groups excluding carboxylic acids is 8. The van der Waals surface area contributed by atoms with Crippen LogP contribution < -0.4 is 20.9 Å². The zero-order valence-electron chi connectivity index (χ0n) is 28.6. The second kappa shape index (κ2) is 15.7. The standard InChI is InChI=1S/C18H19N3O5.C13H9FN2O4.C5H11NO/c22-9-10-5-6-20(8-10)11-1-2-12-13(7-11)18(26)21(17(12)25)14-3-4-15(23)19-16(14)24;14-6-1-2-7-8(5-6)13(20)16(12(7)19)9-3-4-10(17)15-11(9)18;7-4-5-1-2-6-3-5/h1-2,7,10,14,22H,3-6,8-9H2,(H,19,23,24);1-2,5,9H,3-4H2,(H,15,17,18);5-7H,1-4H2. The van der Waals surface area contributed by atoms with Crippen LogP contribution in [0.4, 0.5) is 10.1 Å². The van der Waals surface area contributed by atoms with Crippen molar-refractivity contribution in [3.63, 3.8) is 0 Å². The fourth-order valence-electron chi connectivity index (χ4n) is 7.19. The molecule has 0 saturated carbocycles. The summed E-state index contributed by atoms with van der Waals surface area (Å²) >= 11 is 0. The van der Waals surface area contributed by atoms with Crippen molar-refractivity contribution in [3.8, 4) is 0 Å². The molecule has 280 valence electrons. The average molecular weight is 735 g/mol. The Hall–Kier alpha value is -5.39. The zero-order chi connectivity index (χ0) is 38.0. The summed E-state index contributed by atoms with van der Waals surface area (Å²) in [6, 6.07) is 6.38. The highest BCUT2D eigenvalue weighted by Gasteiger charge is 2.46. The van der Waals surface area contributed by atoms with E-state index in [9.17, 15) is 47.9 Å². The Morgan fingerprint density at radius 1 is 0.642 bits per heavy atom. The van der Waals surface area contributed by atoms with Crippen molar-refractivity contribution in [2.45, 2.75) is 50.6 Å². The molecule has 0 bridgehead atoms. The topological polar surface area (TPSA) is 223 Å². The monoisotopic (exact) mass is 734 g/mol. The summed E-state index contributed by atoms with van der Waals surface area (Å²) in [6.07, 6.45) is 2.41. The average Bonchev–Trinajstić information content (AvgIpc) is 3.94. The number of fused-ring (bicyclic) bond motifs is 2. The first-order chi connectivity index (χ1) is 25.4. The van der Waals surface area contributed by atoms with Crippen molar-refractivity contribution in [1.82, 2.24) is 25.8 Å². The van der Waals surface area contributed by atoms with Gasteiger partial charge in [0, 0.05) is 57.3 Å². The van der Waals surface area contributed by atoms with E-state index < -0.39 is 65.2 Å². The van der Waals surface area contributed by atoms with Crippen LogP contribution in [0.5, 0.6) is 0 Å². The molecule has 8 rings (SSSR count). The number of hydrogen-bond donors (Lipinski definition) is 5. The zero-order valence-corrected chi connectivity index (χ0v) is 28.6. The number of rotatable bonds is 5. The lowest BCUT2D eigenvalue weighted by atomic mass is 10.0. The van der Waals surface area contributed by atoms with Crippen LogP contribution in [0, 0.1) is 17.7 Å². The van der Waals surface area contributed by atoms with Crippen LogP contribution in [-0.4, -0.2) is 119 Å². The number of benzene rings is 2. The molecule has 8 amide bonds. The molecule has 4 saturated heterocycles. The van der Waals surface area contributed by atoms with E-state index >= 15 is 0 Å². The third kappa shape index (κ3) is 7.58. The molecule has 0 aliphatic carbocycles. The molecule has 0 radical (unpaired) electrons. The third-order valence-electron chi connectivity index (χ3n) is 10.2. The number of anilines is 1. The summed E-state index contributed by atoms with van der Waals surface area (Å²) in [5.74, 6) is -4.35. The van der Waals surface area contributed by atoms with Crippen LogP contribution in [0.25, 0.3) is 0 Å². The number of nitrogens with zero attached hydrogens (tertiary/aromatic N) is 3. The van der Waals surface area contributed by atoms with Gasteiger partial charge in [0.2, 0.25) is 23.6 Å². The fraction of sp³-hybridized carbons (Fsp3) is 0.444. The minimum atomic E-state index is -1.02. The maximum atomic E-state index is 13.2. The van der Waals surface area contributed by atoms with E-state index in [-0.39, 0.29) is 60.5 Å². The number of piperidine rings is 2. The van der Waals surface area contributed by atoms with Crippen molar-refractivity contribution in [2.24, 2.45) is 11.8 Å². The molecule has 4 unspecified atom stereocenters. The number of aliphatic hydroxyl groups excluding tert-OH is 2. The molecule has 17 heteroatoms. The normalized spacial score (nSPS) is 25.1. The highest BCUT2D eigenvalue weighted by atomic mass is 19.1. The molecular formula is C36H39FN6O10. The van der Waals surface area contributed by atoms with Gasteiger partial charge in [0.25, 0.3) is 23.6 Å². The molecule has 5 N–H and O–H groups in total. The Labute approximate surface area is 302 Å². The van der Waals surface area contributed by atoms with E-state index in [4.69, 9.17) is 5.11 Å². The quantitative estimate of drug-likeness (QED) is 0.251. The van der Waals surface area contributed by atoms with E-state index in [1.54, 1.807) is 18.2 Å². The Bertz CT molecular complexity index is 1880. The summed E-state index contributed by atoms with van der Waals surface area (Å²) in [6.45, 7) is 4.06. The molecule has 2 aromatic rings. The minimum absolute atomic E-state index is 0.0537. The summed E-state index contributed by atoms with van der Waals surface area (Å²) in [5.41, 5.74) is 1.40. The number of hydrogen-bond acceptors (Lipinski definition) is 12.